The molecule has 0 aliphatic carbocycles. The number of thioether (sulfide) groups is 1. The number of carbonyl (C=O) groups excluding carboxylic acids is 1. The second kappa shape index (κ2) is 8.67. The summed E-state index contributed by atoms with van der Waals surface area (Å²) in [4.78, 5) is 14.8. The highest BCUT2D eigenvalue weighted by molar-refractivity contribution is 8.00. The molecule has 0 aliphatic heterocycles. The van der Waals surface area contributed by atoms with E-state index in [1.807, 2.05) is 67.7 Å². The molecule has 2 atom stereocenters. The molecule has 1 heterocycles. The van der Waals surface area contributed by atoms with Gasteiger partial charge < -0.3 is 0 Å². The van der Waals surface area contributed by atoms with E-state index < -0.39 is 0 Å². The van der Waals surface area contributed by atoms with Gasteiger partial charge in [-0.2, -0.15) is 0 Å². The molecule has 5 nitrogen and oxygen atoms in total. The number of aromatic nitrogens is 3. The van der Waals surface area contributed by atoms with Gasteiger partial charge in [-0.05, 0) is 52.2 Å². The van der Waals surface area contributed by atoms with Crippen molar-refractivity contribution >= 4 is 17.5 Å². The average molecular weight is 399 g/mol. The van der Waals surface area contributed by atoms with Gasteiger partial charge in [0.2, 0.25) is 0 Å². The fourth-order valence-corrected chi connectivity index (χ4v) is 3.69. The molecule has 3 rings (SSSR count). The Kier molecular flexibility index (Phi) is 6.26. The van der Waals surface area contributed by atoms with Crippen LogP contribution in [0.15, 0.2) is 59.8 Å². The summed E-state index contributed by atoms with van der Waals surface area (Å²) in [6, 6.07) is 15.4. The van der Waals surface area contributed by atoms with Crippen molar-refractivity contribution in [1.29, 1.82) is 0 Å². The summed E-state index contributed by atoms with van der Waals surface area (Å²) in [6.45, 7) is 3.88. The van der Waals surface area contributed by atoms with Crippen LogP contribution in [0.4, 0.5) is 4.39 Å². The quantitative estimate of drug-likeness (QED) is 0.436. The molecule has 0 saturated carbocycles. The molecular weight excluding hydrogens is 375 g/mol. The Balaban J connectivity index is 1.96. The third-order valence-corrected chi connectivity index (χ3v) is 5.64. The van der Waals surface area contributed by atoms with E-state index in [0.29, 0.717) is 10.7 Å². The van der Waals surface area contributed by atoms with Crippen molar-refractivity contribution in [2.24, 2.45) is 0 Å². The van der Waals surface area contributed by atoms with Crippen molar-refractivity contribution in [2.45, 2.75) is 30.3 Å². The van der Waals surface area contributed by atoms with E-state index in [-0.39, 0.29) is 22.9 Å². The maximum Gasteiger partial charge on any atom is 0.196 e. The molecule has 2 unspecified atom stereocenters. The summed E-state index contributed by atoms with van der Waals surface area (Å²) in [6.07, 6.45) is 0. The number of Topliss-reactive ketones (excluding diaryl/α,β-unsaturated/α-hetero) is 1. The molecule has 28 heavy (non-hydrogen) atoms. The number of halogens is 1. The number of hydrogen-bond acceptors (Lipinski definition) is 5. The van der Waals surface area contributed by atoms with Gasteiger partial charge >= 0.3 is 0 Å². The molecule has 1 aromatic heterocycles. The third-order valence-electron chi connectivity index (χ3n) is 4.60. The molecule has 0 amide bonds. The summed E-state index contributed by atoms with van der Waals surface area (Å²) < 4.78 is 15.3. The van der Waals surface area contributed by atoms with Crippen LogP contribution in [-0.2, 0) is 0 Å². The Bertz CT molecular complexity index is 941. The zero-order chi connectivity index (χ0) is 20.3. The molecule has 0 spiro atoms. The molecule has 2 aromatic carbocycles. The van der Waals surface area contributed by atoms with E-state index in [2.05, 4.69) is 10.2 Å². The van der Waals surface area contributed by atoms with Gasteiger partial charge in [-0.1, -0.05) is 42.1 Å². The highest BCUT2D eigenvalue weighted by Crippen LogP contribution is 2.30. The molecule has 0 bridgehead atoms. The van der Waals surface area contributed by atoms with E-state index in [1.54, 1.807) is 12.1 Å². The summed E-state index contributed by atoms with van der Waals surface area (Å²) in [5.74, 6) is 0.459. The fraction of sp³-hybridized carbons (Fsp3) is 0.286. The van der Waals surface area contributed by atoms with Crippen molar-refractivity contribution in [3.05, 3.63) is 71.8 Å². The molecule has 3 aromatic rings. The van der Waals surface area contributed by atoms with Gasteiger partial charge in [-0.15, -0.1) is 10.2 Å². The lowest BCUT2D eigenvalue weighted by molar-refractivity contribution is 0.0994. The first-order valence-corrected chi connectivity index (χ1v) is 9.90. The first kappa shape index (κ1) is 20.2. The summed E-state index contributed by atoms with van der Waals surface area (Å²) in [5.41, 5.74) is 1.43. The Morgan fingerprint density at radius 1 is 1.04 bits per heavy atom. The van der Waals surface area contributed by atoms with Gasteiger partial charge in [-0.25, -0.2) is 4.39 Å². The SMILES string of the molecule is CC(Sc1nnc(C(C)N(C)C)n1-c1ccc(F)cc1)C(=O)c1ccccc1. The molecular formula is C21H23FN4OS. The van der Waals surface area contributed by atoms with Crippen LogP contribution in [0.2, 0.25) is 0 Å². The first-order chi connectivity index (χ1) is 13.4. The lowest BCUT2D eigenvalue weighted by Crippen LogP contribution is -2.21. The largest absolute Gasteiger partial charge is 0.300 e. The first-order valence-electron chi connectivity index (χ1n) is 9.02. The highest BCUT2D eigenvalue weighted by Gasteiger charge is 2.24. The monoisotopic (exact) mass is 398 g/mol. The summed E-state index contributed by atoms with van der Waals surface area (Å²) in [5, 5.41) is 8.97. The predicted molar refractivity (Wildman–Crippen MR) is 110 cm³/mol. The van der Waals surface area contributed by atoms with E-state index in [4.69, 9.17) is 0 Å². The fourth-order valence-electron chi connectivity index (χ4n) is 2.74. The minimum absolute atomic E-state index is 0.00738. The number of benzene rings is 2. The molecule has 0 saturated heterocycles. The van der Waals surface area contributed by atoms with Crippen molar-refractivity contribution in [3.63, 3.8) is 0 Å². The zero-order valence-corrected chi connectivity index (χ0v) is 17.2. The maximum atomic E-state index is 13.4. The molecule has 0 N–H and O–H groups in total. The van der Waals surface area contributed by atoms with Crippen LogP contribution in [0, 0.1) is 5.82 Å². The molecule has 0 aliphatic rings. The number of rotatable bonds is 7. The Morgan fingerprint density at radius 2 is 1.68 bits per heavy atom. The smallest absolute Gasteiger partial charge is 0.196 e. The average Bonchev–Trinajstić information content (AvgIpc) is 3.11. The standard InChI is InChI=1S/C21H23FN4OS/c1-14(25(3)4)20-23-24-21(26(20)18-12-10-17(22)11-13-18)28-15(2)19(27)16-8-6-5-7-9-16/h5-15H,1-4H3. The van der Waals surface area contributed by atoms with Crippen LogP contribution in [0.5, 0.6) is 0 Å². The minimum Gasteiger partial charge on any atom is -0.300 e. The summed E-state index contributed by atoms with van der Waals surface area (Å²) >= 11 is 1.35. The van der Waals surface area contributed by atoms with Crippen LogP contribution in [0.1, 0.15) is 36.1 Å². The van der Waals surface area contributed by atoms with E-state index in [0.717, 1.165) is 11.5 Å². The molecule has 0 fully saturated rings. The molecule has 7 heteroatoms. The minimum atomic E-state index is -0.340. The van der Waals surface area contributed by atoms with Gasteiger partial charge in [0.1, 0.15) is 5.82 Å². The van der Waals surface area contributed by atoms with Gasteiger partial charge in [0, 0.05) is 11.3 Å². The van der Waals surface area contributed by atoms with Gasteiger partial charge in [-0.3, -0.25) is 14.3 Å². The zero-order valence-electron chi connectivity index (χ0n) is 16.3. The van der Waals surface area contributed by atoms with Gasteiger partial charge in [0.25, 0.3) is 0 Å². The Labute approximate surface area is 168 Å². The van der Waals surface area contributed by atoms with E-state index >= 15 is 0 Å². The van der Waals surface area contributed by atoms with Crippen LogP contribution in [0.25, 0.3) is 5.69 Å². The van der Waals surface area contributed by atoms with Crippen LogP contribution in [0.3, 0.4) is 0 Å². The van der Waals surface area contributed by atoms with Crippen molar-refractivity contribution in [1.82, 2.24) is 19.7 Å². The number of ketones is 1. The van der Waals surface area contributed by atoms with Gasteiger partial charge in [0.05, 0.1) is 11.3 Å². The van der Waals surface area contributed by atoms with E-state index in [9.17, 15) is 9.18 Å². The number of hydrogen-bond donors (Lipinski definition) is 0. The second-order valence-electron chi connectivity index (χ2n) is 6.78. The Morgan fingerprint density at radius 3 is 2.29 bits per heavy atom. The second-order valence-corrected chi connectivity index (χ2v) is 8.09. The molecule has 146 valence electrons. The third kappa shape index (κ3) is 4.31. The summed E-state index contributed by atoms with van der Waals surface area (Å²) in [7, 11) is 3.92. The number of nitrogens with zero attached hydrogens (tertiary/aromatic N) is 4. The van der Waals surface area contributed by atoms with Crippen molar-refractivity contribution in [2.75, 3.05) is 14.1 Å². The Hall–Kier alpha value is -2.51. The van der Waals surface area contributed by atoms with Crippen molar-refractivity contribution in [3.8, 4) is 5.69 Å². The topological polar surface area (TPSA) is 51.0 Å². The predicted octanol–water partition coefficient (Wildman–Crippen LogP) is 4.39. The highest BCUT2D eigenvalue weighted by atomic mass is 32.2. The normalized spacial score (nSPS) is 13.5. The van der Waals surface area contributed by atoms with E-state index in [1.165, 1.54) is 23.9 Å². The maximum absolute atomic E-state index is 13.4. The lowest BCUT2D eigenvalue weighted by atomic mass is 10.1. The van der Waals surface area contributed by atoms with Crippen LogP contribution < -0.4 is 0 Å². The van der Waals surface area contributed by atoms with Crippen LogP contribution in [-0.4, -0.2) is 44.8 Å². The molecule has 0 radical (unpaired) electrons. The lowest BCUT2D eigenvalue weighted by Gasteiger charge is -2.21. The van der Waals surface area contributed by atoms with Gasteiger partial charge in [0.15, 0.2) is 16.8 Å². The number of carbonyl (C=O) groups is 1. The van der Waals surface area contributed by atoms with Crippen molar-refractivity contribution < 1.29 is 9.18 Å². The van der Waals surface area contributed by atoms with Crippen LogP contribution >= 0.6 is 11.8 Å².